The molecule has 22 unspecified atom stereocenters. The van der Waals surface area contributed by atoms with Crippen molar-refractivity contribution in [3.63, 3.8) is 0 Å². The highest BCUT2D eigenvalue weighted by Gasteiger charge is 2.42. The highest BCUT2D eigenvalue weighted by Crippen LogP contribution is 2.37. The van der Waals surface area contributed by atoms with Crippen molar-refractivity contribution >= 4 is 11.9 Å². The Morgan fingerprint density at radius 1 is 0.429 bits per heavy atom. The Morgan fingerprint density at radius 3 is 1.13 bits per heavy atom. The topological polar surface area (TPSA) is 288 Å². The molecule has 4 bridgehead atoms. The van der Waals surface area contributed by atoms with Crippen molar-refractivity contribution in [2.24, 2.45) is 47.3 Å². The molecule has 20 heteroatoms. The van der Waals surface area contributed by atoms with Crippen LogP contribution in [0.4, 0.5) is 0 Å². The summed E-state index contributed by atoms with van der Waals surface area (Å²) in [5.74, 6) is -5.33. The average Bonchev–Trinajstić information content (AvgIpc) is 0.873. The van der Waals surface area contributed by atoms with E-state index < -0.39 is 133 Å². The van der Waals surface area contributed by atoms with Crippen LogP contribution in [0.2, 0.25) is 0 Å². The number of fused-ring (bicyclic) bond motifs is 4. The van der Waals surface area contributed by atoms with Crippen molar-refractivity contribution in [3.05, 3.63) is 71.9 Å². The molecule has 8 N–H and O–H groups in total. The quantitative estimate of drug-likeness (QED) is 0.0666. The Labute approximate surface area is 587 Å². The van der Waals surface area contributed by atoms with Gasteiger partial charge in [0.25, 0.3) is 0 Å². The number of hydrogen-bond donors (Lipinski definition) is 8. The third kappa shape index (κ3) is 28.1. The molecular formula is C78H132O20. The van der Waals surface area contributed by atoms with Gasteiger partial charge >= 0.3 is 11.9 Å². The van der Waals surface area contributed by atoms with Gasteiger partial charge in [-0.05, 0) is 129 Å². The van der Waals surface area contributed by atoms with E-state index in [4.69, 9.17) is 47.4 Å². The van der Waals surface area contributed by atoms with Crippen molar-refractivity contribution < 1.29 is 97.8 Å². The van der Waals surface area contributed by atoms with Crippen molar-refractivity contribution in [1.29, 1.82) is 0 Å². The maximum Gasteiger partial charge on any atom is 0.331 e. The summed E-state index contributed by atoms with van der Waals surface area (Å²) in [6.45, 7) is 22.6. The van der Waals surface area contributed by atoms with Gasteiger partial charge in [-0.2, -0.15) is 0 Å². The molecule has 0 amide bonds. The van der Waals surface area contributed by atoms with Gasteiger partial charge in [-0.15, -0.1) is 0 Å². The normalized spacial score (nSPS) is 43.3. The summed E-state index contributed by atoms with van der Waals surface area (Å²) >= 11 is 0. The van der Waals surface area contributed by atoms with Gasteiger partial charge in [-0.25, -0.2) is 9.59 Å². The smallest absolute Gasteiger partial charge is 0.331 e. The Balaban J connectivity index is 1.36. The number of esters is 2. The number of hydrogen-bond acceptors (Lipinski definition) is 20. The van der Waals surface area contributed by atoms with Crippen LogP contribution < -0.4 is 0 Å². The number of aliphatic hydroxyl groups is 8. The van der Waals surface area contributed by atoms with Crippen LogP contribution in [0.3, 0.4) is 0 Å². The van der Waals surface area contributed by atoms with E-state index in [0.717, 1.165) is 36.8 Å². The molecule has 5 rings (SSSR count). The van der Waals surface area contributed by atoms with E-state index in [1.165, 1.54) is 12.2 Å². The van der Waals surface area contributed by atoms with Crippen molar-refractivity contribution in [3.8, 4) is 0 Å². The Kier molecular flexibility index (Phi) is 37.6. The minimum absolute atomic E-state index is 0.0275. The van der Waals surface area contributed by atoms with Gasteiger partial charge in [-0.1, -0.05) is 115 Å². The summed E-state index contributed by atoms with van der Waals surface area (Å²) in [5.41, 5.74) is 1.44. The summed E-state index contributed by atoms with van der Waals surface area (Å²) in [6.07, 6.45) is 14.4. The molecule has 0 aromatic rings. The van der Waals surface area contributed by atoms with Crippen LogP contribution in [-0.4, -0.2) is 216 Å². The lowest BCUT2D eigenvalue weighted by Crippen LogP contribution is -2.45. The number of carbonyl (C=O) groups excluding carboxylic acids is 2. The fourth-order valence-electron chi connectivity index (χ4n) is 15.4. The van der Waals surface area contributed by atoms with Crippen molar-refractivity contribution in [2.45, 2.75) is 333 Å². The first kappa shape index (κ1) is 85.4. The van der Waals surface area contributed by atoms with Gasteiger partial charge in [0.2, 0.25) is 0 Å². The number of methoxy groups -OCH3 is 4. The maximum absolute atomic E-state index is 13.8. The van der Waals surface area contributed by atoms with E-state index in [2.05, 4.69) is 0 Å². The minimum atomic E-state index is -1.14. The molecule has 0 aliphatic carbocycles. The molecule has 0 radical (unpaired) electrons. The Hall–Kier alpha value is -3.26. The number of allylic oxidation sites excluding steroid dienone is 4. The first-order valence-electron chi connectivity index (χ1n) is 37.1. The standard InChI is InChI=1S/C78H132O20/c1-45-23-29-57(79)37-59-19-17-21-61(95-59)41-71(91-15)51(7)68(82)44-70(84)54(10)76(88)56(12)78(48(4)28-32-64-40-66(90-14)36-50(6)94-64)98-74(86)34-26-46(2)24-30-58(80)38-60-20-18-22-62(96-60)42-72(92-16)52(8)67(81)43-69(83)53(9)75(87)55(11)77(97-73(85)33-25-45)47(3)27-31-63-39-65(89-13)35-49(5)93-63/h17-20,23-26,33-34,47-72,75-84,87-88H,21-22,27-32,35-44H2,1-16H3/b33-25+,34-26+,45-23+,46-24+/t47?,48?,49-,50?,51?,52?,53?,54-,55?,56?,57?,58?,59?,60-,61?,62?,63?,64?,65?,66+,67-,68?,69?,70+,71-,72?,75?,76?,77-,78?/m0/s1. The van der Waals surface area contributed by atoms with Gasteiger partial charge in [0, 0.05) is 102 Å². The van der Waals surface area contributed by atoms with Gasteiger partial charge in [0.05, 0.1) is 122 Å². The first-order valence-corrected chi connectivity index (χ1v) is 37.1. The molecule has 5 aliphatic heterocycles. The summed E-state index contributed by atoms with van der Waals surface area (Å²) < 4.78 is 61.5. The monoisotopic (exact) mass is 1390 g/mol. The molecule has 5 heterocycles. The van der Waals surface area contributed by atoms with E-state index >= 15 is 0 Å². The molecule has 30 atom stereocenters. The van der Waals surface area contributed by atoms with E-state index in [-0.39, 0.29) is 86.4 Å². The van der Waals surface area contributed by atoms with E-state index in [1.807, 2.05) is 106 Å². The number of carbonyl (C=O) groups is 2. The number of rotatable bonds is 12. The molecule has 0 spiro atoms. The molecular weight excluding hydrogens is 1260 g/mol. The highest BCUT2D eigenvalue weighted by atomic mass is 16.6. The van der Waals surface area contributed by atoms with Crippen LogP contribution >= 0.6 is 0 Å². The summed E-state index contributed by atoms with van der Waals surface area (Å²) in [4.78, 5) is 27.7. The van der Waals surface area contributed by atoms with E-state index in [9.17, 15) is 50.4 Å². The van der Waals surface area contributed by atoms with Crippen LogP contribution in [0.1, 0.15) is 199 Å². The van der Waals surface area contributed by atoms with Crippen molar-refractivity contribution in [1.82, 2.24) is 0 Å². The zero-order valence-corrected chi connectivity index (χ0v) is 62.3. The van der Waals surface area contributed by atoms with Gasteiger partial charge < -0.3 is 88.2 Å². The average molecular weight is 1390 g/mol. The number of cyclic esters (lactones) is 2. The molecule has 564 valence electrons. The lowest BCUT2D eigenvalue weighted by Gasteiger charge is -2.38. The molecule has 0 aromatic heterocycles. The molecule has 20 nitrogen and oxygen atoms in total. The van der Waals surface area contributed by atoms with Crippen LogP contribution in [0, 0.1) is 47.3 Å². The van der Waals surface area contributed by atoms with Crippen LogP contribution in [0.5, 0.6) is 0 Å². The van der Waals surface area contributed by atoms with Crippen LogP contribution in [0.25, 0.3) is 0 Å². The molecule has 5 aliphatic rings. The molecule has 2 fully saturated rings. The summed E-state index contributed by atoms with van der Waals surface area (Å²) in [5, 5.41) is 93.8. The summed E-state index contributed by atoms with van der Waals surface area (Å²) in [7, 11) is 6.59. The SMILES string of the molecule is COC1CC(CCC(C)[C@@H]2OC(=O)/C=C/C(C)=C/CC(O)CC3C=CCC(C[C@H](OC)C(C)C(O)C[C@@H](O)[C@H](C)C(O)C(C)C(C(C)CCC4C[C@H](OC)CC(C)O4)OC(=O)/C=C/C(C)=C/CC(O)C[C@@H]4C=CCC(CC(OC)C(C)[C@@H](O)CC(O)C(C)C(O)C2C)O4)O3)O[C@@H](C)C1. The predicted molar refractivity (Wildman–Crippen MR) is 377 cm³/mol. The fraction of sp³-hybridized carbons (Fsp3) is 0.821. The lowest BCUT2D eigenvalue weighted by atomic mass is 9.79. The molecule has 98 heavy (non-hydrogen) atoms. The molecule has 0 aromatic carbocycles. The Morgan fingerprint density at radius 2 is 0.786 bits per heavy atom. The second kappa shape index (κ2) is 43.1. The first-order chi connectivity index (χ1) is 46.4. The number of ether oxygens (including phenoxy) is 10. The van der Waals surface area contributed by atoms with Crippen LogP contribution in [0.15, 0.2) is 71.9 Å². The third-order valence-electron chi connectivity index (χ3n) is 22.3. The van der Waals surface area contributed by atoms with Crippen LogP contribution in [-0.2, 0) is 57.0 Å². The maximum atomic E-state index is 13.8. The zero-order chi connectivity index (χ0) is 72.5. The Bertz CT molecular complexity index is 2320. The van der Waals surface area contributed by atoms with Crippen molar-refractivity contribution in [2.75, 3.05) is 28.4 Å². The molecule has 0 saturated carbocycles. The lowest BCUT2D eigenvalue weighted by molar-refractivity contribution is -0.156. The van der Waals surface area contributed by atoms with E-state index in [0.29, 0.717) is 64.2 Å². The second-order valence-corrected chi connectivity index (χ2v) is 30.3. The summed E-state index contributed by atoms with van der Waals surface area (Å²) in [6, 6.07) is 0. The third-order valence-corrected chi connectivity index (χ3v) is 22.3. The predicted octanol–water partition coefficient (Wildman–Crippen LogP) is 10.1. The largest absolute Gasteiger partial charge is 0.459 e. The molecule has 2 saturated heterocycles. The van der Waals surface area contributed by atoms with Gasteiger partial charge in [0.1, 0.15) is 12.2 Å². The second-order valence-electron chi connectivity index (χ2n) is 30.3. The van der Waals surface area contributed by atoms with Gasteiger partial charge in [-0.3, -0.25) is 0 Å². The zero-order valence-electron chi connectivity index (χ0n) is 62.3. The number of aliphatic hydroxyl groups excluding tert-OH is 8. The van der Waals surface area contributed by atoms with E-state index in [1.54, 1.807) is 54.4 Å². The highest BCUT2D eigenvalue weighted by molar-refractivity contribution is 5.83. The fourth-order valence-corrected chi connectivity index (χ4v) is 15.4. The van der Waals surface area contributed by atoms with Gasteiger partial charge in [0.15, 0.2) is 0 Å². The minimum Gasteiger partial charge on any atom is -0.459 e.